The second-order valence-electron chi connectivity index (χ2n) is 4.64. The zero-order chi connectivity index (χ0) is 17.1. The second kappa shape index (κ2) is 6.59. The predicted octanol–water partition coefficient (Wildman–Crippen LogP) is 2.29. The van der Waals surface area contributed by atoms with Crippen LogP contribution in [-0.4, -0.2) is 28.2 Å². The first-order valence-corrected chi connectivity index (χ1v) is 7.61. The minimum Gasteiger partial charge on any atom is -0.496 e. The molecule has 0 aliphatic heterocycles. The maximum Gasteiger partial charge on any atom is 0.277 e. The molecule has 0 aliphatic carbocycles. The normalized spacial score (nSPS) is 10.4. The SMILES string of the molecule is COc1ccc(F)cc1-c1csc(NC(=O)c2ccc(=O)[nH]n2)n1. The molecule has 0 radical (unpaired) electrons. The van der Waals surface area contributed by atoms with Crippen LogP contribution in [0.15, 0.2) is 40.5 Å². The van der Waals surface area contributed by atoms with Gasteiger partial charge in [0, 0.05) is 17.0 Å². The van der Waals surface area contributed by atoms with Gasteiger partial charge in [-0.2, -0.15) is 5.10 Å². The quantitative estimate of drug-likeness (QED) is 0.755. The van der Waals surface area contributed by atoms with Crippen LogP contribution in [0.25, 0.3) is 11.3 Å². The van der Waals surface area contributed by atoms with Crippen LogP contribution in [0.4, 0.5) is 9.52 Å². The third kappa shape index (κ3) is 3.30. The summed E-state index contributed by atoms with van der Waals surface area (Å²) < 4.78 is 18.6. The lowest BCUT2D eigenvalue weighted by molar-refractivity contribution is 0.102. The Bertz CT molecular complexity index is 933. The van der Waals surface area contributed by atoms with Crippen molar-refractivity contribution in [2.24, 2.45) is 0 Å². The molecule has 0 saturated heterocycles. The number of benzene rings is 1. The van der Waals surface area contributed by atoms with Gasteiger partial charge in [-0.1, -0.05) is 0 Å². The lowest BCUT2D eigenvalue weighted by Gasteiger charge is -2.05. The van der Waals surface area contributed by atoms with E-state index < -0.39 is 17.3 Å². The smallest absolute Gasteiger partial charge is 0.277 e. The molecule has 0 fully saturated rings. The van der Waals surface area contributed by atoms with Gasteiger partial charge in [0.1, 0.15) is 17.3 Å². The van der Waals surface area contributed by atoms with Gasteiger partial charge in [-0.05, 0) is 24.3 Å². The second-order valence-corrected chi connectivity index (χ2v) is 5.50. The molecule has 24 heavy (non-hydrogen) atoms. The molecular formula is C15H11FN4O3S. The first kappa shape index (κ1) is 15.8. The number of H-pyrrole nitrogens is 1. The highest BCUT2D eigenvalue weighted by Gasteiger charge is 2.14. The number of aromatic amines is 1. The molecule has 122 valence electrons. The summed E-state index contributed by atoms with van der Waals surface area (Å²) in [6.45, 7) is 0. The maximum absolute atomic E-state index is 13.5. The van der Waals surface area contributed by atoms with E-state index in [2.05, 4.69) is 20.5 Å². The third-order valence-electron chi connectivity index (χ3n) is 3.07. The number of nitrogens with one attached hydrogen (secondary N) is 2. The zero-order valence-electron chi connectivity index (χ0n) is 12.4. The third-order valence-corrected chi connectivity index (χ3v) is 3.83. The van der Waals surface area contributed by atoms with E-state index in [1.165, 1.54) is 48.8 Å². The van der Waals surface area contributed by atoms with Gasteiger partial charge in [-0.15, -0.1) is 11.3 Å². The molecule has 7 nitrogen and oxygen atoms in total. The fraction of sp³-hybridized carbons (Fsp3) is 0.0667. The standard InChI is InChI=1S/C15H11FN4O3S/c1-23-12-4-2-8(16)6-9(12)11-7-24-15(17-11)18-14(22)10-3-5-13(21)20-19-10/h2-7H,1H3,(H,20,21)(H,17,18,22). The van der Waals surface area contributed by atoms with Gasteiger partial charge < -0.3 is 4.74 Å². The molecule has 9 heteroatoms. The number of nitrogens with zero attached hydrogens (tertiary/aromatic N) is 2. The van der Waals surface area contributed by atoms with Crippen molar-refractivity contribution in [1.82, 2.24) is 15.2 Å². The maximum atomic E-state index is 13.5. The molecule has 3 aromatic rings. The monoisotopic (exact) mass is 346 g/mol. The topological polar surface area (TPSA) is 97.0 Å². The number of methoxy groups -OCH3 is 1. The Morgan fingerprint density at radius 3 is 2.88 bits per heavy atom. The Labute approximate surface area is 139 Å². The highest BCUT2D eigenvalue weighted by molar-refractivity contribution is 7.14. The van der Waals surface area contributed by atoms with Crippen LogP contribution >= 0.6 is 11.3 Å². The fourth-order valence-electron chi connectivity index (χ4n) is 1.97. The van der Waals surface area contributed by atoms with Crippen LogP contribution in [0.5, 0.6) is 5.75 Å². The van der Waals surface area contributed by atoms with Crippen molar-refractivity contribution >= 4 is 22.4 Å². The minimum atomic E-state index is -0.515. The van der Waals surface area contributed by atoms with E-state index in [9.17, 15) is 14.0 Å². The Morgan fingerprint density at radius 2 is 2.17 bits per heavy atom. The first-order valence-electron chi connectivity index (χ1n) is 6.73. The summed E-state index contributed by atoms with van der Waals surface area (Å²) in [6.07, 6.45) is 0. The molecule has 0 atom stereocenters. The molecule has 2 heterocycles. The van der Waals surface area contributed by atoms with Gasteiger partial charge >= 0.3 is 0 Å². The molecule has 0 unspecified atom stereocenters. The van der Waals surface area contributed by atoms with Crippen LogP contribution in [0.3, 0.4) is 0 Å². The van der Waals surface area contributed by atoms with Crippen molar-refractivity contribution in [1.29, 1.82) is 0 Å². The van der Waals surface area contributed by atoms with E-state index in [0.717, 1.165) is 0 Å². The highest BCUT2D eigenvalue weighted by Crippen LogP contribution is 2.32. The highest BCUT2D eigenvalue weighted by atomic mass is 32.1. The van der Waals surface area contributed by atoms with Crippen molar-refractivity contribution in [2.75, 3.05) is 12.4 Å². The number of carbonyl (C=O) groups excluding carboxylic acids is 1. The number of halogens is 1. The number of aromatic nitrogens is 3. The minimum absolute atomic E-state index is 0.0506. The molecule has 1 amide bonds. The van der Waals surface area contributed by atoms with E-state index in [0.29, 0.717) is 22.1 Å². The lowest BCUT2D eigenvalue weighted by atomic mass is 10.1. The molecular weight excluding hydrogens is 335 g/mol. The number of carbonyl (C=O) groups is 1. The summed E-state index contributed by atoms with van der Waals surface area (Å²) in [4.78, 5) is 27.2. The Balaban J connectivity index is 1.83. The van der Waals surface area contributed by atoms with E-state index in [1.807, 2.05) is 0 Å². The van der Waals surface area contributed by atoms with Gasteiger partial charge in [0.25, 0.3) is 11.5 Å². The summed E-state index contributed by atoms with van der Waals surface area (Å²) in [5.74, 6) is -0.456. The summed E-state index contributed by atoms with van der Waals surface area (Å²) in [5.41, 5.74) is 0.605. The van der Waals surface area contributed by atoms with Gasteiger partial charge in [0.05, 0.1) is 12.8 Å². The van der Waals surface area contributed by atoms with Crippen molar-refractivity contribution < 1.29 is 13.9 Å². The molecule has 3 rings (SSSR count). The molecule has 0 bridgehead atoms. The number of ether oxygens (including phenoxy) is 1. The van der Waals surface area contributed by atoms with E-state index >= 15 is 0 Å². The van der Waals surface area contributed by atoms with Gasteiger partial charge in [-0.25, -0.2) is 14.5 Å². The number of amides is 1. The van der Waals surface area contributed by atoms with Crippen molar-refractivity contribution in [3.05, 3.63) is 57.6 Å². The first-order chi connectivity index (χ1) is 11.6. The fourth-order valence-corrected chi connectivity index (χ4v) is 2.67. The number of anilines is 1. The zero-order valence-corrected chi connectivity index (χ0v) is 13.2. The van der Waals surface area contributed by atoms with Gasteiger partial charge in [0.2, 0.25) is 0 Å². The molecule has 0 aliphatic rings. The van der Waals surface area contributed by atoms with Crippen LogP contribution in [-0.2, 0) is 0 Å². The van der Waals surface area contributed by atoms with E-state index in [1.54, 1.807) is 5.38 Å². The van der Waals surface area contributed by atoms with E-state index in [-0.39, 0.29) is 5.69 Å². The number of rotatable bonds is 4. The van der Waals surface area contributed by atoms with Gasteiger partial charge in [-0.3, -0.25) is 14.9 Å². The number of hydrogen-bond acceptors (Lipinski definition) is 6. The molecule has 2 aromatic heterocycles. The molecule has 0 spiro atoms. The molecule has 0 saturated carbocycles. The average molecular weight is 346 g/mol. The number of thiazole rings is 1. The van der Waals surface area contributed by atoms with Crippen LogP contribution in [0.1, 0.15) is 10.5 Å². The summed E-state index contributed by atoms with van der Waals surface area (Å²) in [5, 5.41) is 10.4. The van der Waals surface area contributed by atoms with Crippen LogP contribution < -0.4 is 15.6 Å². The molecule has 1 aromatic carbocycles. The largest absolute Gasteiger partial charge is 0.496 e. The van der Waals surface area contributed by atoms with Crippen molar-refractivity contribution in [3.8, 4) is 17.0 Å². The van der Waals surface area contributed by atoms with Gasteiger partial charge in [0.15, 0.2) is 5.13 Å². The Morgan fingerprint density at radius 1 is 1.33 bits per heavy atom. The Hall–Kier alpha value is -3.07. The number of hydrogen-bond donors (Lipinski definition) is 2. The predicted molar refractivity (Wildman–Crippen MR) is 86.9 cm³/mol. The van der Waals surface area contributed by atoms with Crippen molar-refractivity contribution in [2.45, 2.75) is 0 Å². The van der Waals surface area contributed by atoms with E-state index in [4.69, 9.17) is 4.74 Å². The van der Waals surface area contributed by atoms with Crippen molar-refractivity contribution in [3.63, 3.8) is 0 Å². The summed E-state index contributed by atoms with van der Waals surface area (Å²) in [7, 11) is 1.48. The van der Waals surface area contributed by atoms with Crippen LogP contribution in [0.2, 0.25) is 0 Å². The molecule has 2 N–H and O–H groups in total. The summed E-state index contributed by atoms with van der Waals surface area (Å²) >= 11 is 1.17. The Kier molecular flexibility index (Phi) is 4.34. The summed E-state index contributed by atoms with van der Waals surface area (Å²) in [6, 6.07) is 6.61. The lowest BCUT2D eigenvalue weighted by Crippen LogP contribution is -2.17. The van der Waals surface area contributed by atoms with Crippen LogP contribution in [0, 0.1) is 5.82 Å². The average Bonchev–Trinajstić information content (AvgIpc) is 3.03.